The van der Waals surface area contributed by atoms with E-state index in [4.69, 9.17) is 5.26 Å². The number of halogens is 1. The van der Waals surface area contributed by atoms with Crippen molar-refractivity contribution in [3.05, 3.63) is 73.8 Å². The molecule has 0 N–H and O–H groups in total. The fourth-order valence-electron chi connectivity index (χ4n) is 2.36. The molecule has 0 radical (unpaired) electrons. The second-order valence-electron chi connectivity index (χ2n) is 5.27. The molecule has 0 atom stereocenters. The number of thiazole rings is 1. The number of aromatic nitrogens is 3. The summed E-state index contributed by atoms with van der Waals surface area (Å²) in [6.45, 7) is 2.09. The van der Waals surface area contributed by atoms with Gasteiger partial charge in [0.25, 0.3) is 5.56 Å². The Hall–Kier alpha value is -3.05. The van der Waals surface area contributed by atoms with Gasteiger partial charge >= 0.3 is 5.69 Å². The summed E-state index contributed by atoms with van der Waals surface area (Å²) in [5.74, 6) is -0.333. The number of rotatable bonds is 4. The Balaban J connectivity index is 1.99. The third-order valence-corrected chi connectivity index (χ3v) is 4.60. The molecule has 0 aliphatic rings. The highest BCUT2D eigenvalue weighted by Crippen LogP contribution is 2.23. The molecule has 0 saturated carbocycles. The molecule has 0 spiro atoms. The van der Waals surface area contributed by atoms with E-state index in [0.717, 1.165) is 10.1 Å². The zero-order valence-corrected chi connectivity index (χ0v) is 14.1. The summed E-state index contributed by atoms with van der Waals surface area (Å²) in [4.78, 5) is 29.0. The van der Waals surface area contributed by atoms with Crippen molar-refractivity contribution < 1.29 is 4.39 Å². The maximum Gasteiger partial charge on any atom is 0.331 e. The van der Waals surface area contributed by atoms with Crippen LogP contribution in [0.2, 0.25) is 0 Å². The van der Waals surface area contributed by atoms with Crippen LogP contribution in [0.15, 0.2) is 45.4 Å². The van der Waals surface area contributed by atoms with Crippen molar-refractivity contribution >= 4 is 11.3 Å². The third kappa shape index (κ3) is 3.27. The van der Waals surface area contributed by atoms with Crippen LogP contribution in [-0.2, 0) is 13.1 Å². The van der Waals surface area contributed by atoms with Gasteiger partial charge in [0, 0.05) is 23.7 Å². The smallest absolute Gasteiger partial charge is 0.299 e. The number of aryl methyl sites for hydroxylation is 1. The number of hydrogen-bond donors (Lipinski definition) is 0. The summed E-state index contributed by atoms with van der Waals surface area (Å²) in [5, 5.41) is 11.5. The number of nitrogens with zero attached hydrogens (tertiary/aromatic N) is 4. The molecule has 126 valence electrons. The Morgan fingerprint density at radius 3 is 2.64 bits per heavy atom. The molecule has 3 aromatic rings. The first-order chi connectivity index (χ1) is 12.0. The quantitative estimate of drug-likeness (QED) is 0.718. The standard InChI is InChI=1S/C17H13FN4O2S/c1-2-21-8-12(7-19)16(23)22(17(21)24)9-14-10-25-15(20-14)11-3-5-13(18)6-4-11/h3-6,8,10H,2,9H2,1H3. The second kappa shape index (κ2) is 6.83. The van der Waals surface area contributed by atoms with E-state index in [1.54, 1.807) is 24.4 Å². The van der Waals surface area contributed by atoms with Crippen LogP contribution in [0.4, 0.5) is 4.39 Å². The van der Waals surface area contributed by atoms with Crippen LogP contribution in [-0.4, -0.2) is 14.1 Å². The molecule has 0 aliphatic carbocycles. The zero-order chi connectivity index (χ0) is 18.0. The Bertz CT molecular complexity index is 1070. The predicted octanol–water partition coefficient (Wildman–Crippen LogP) is 2.21. The lowest BCUT2D eigenvalue weighted by atomic mass is 10.2. The maximum absolute atomic E-state index is 13.0. The largest absolute Gasteiger partial charge is 0.331 e. The number of hydrogen-bond acceptors (Lipinski definition) is 5. The fourth-order valence-corrected chi connectivity index (χ4v) is 3.18. The van der Waals surface area contributed by atoms with Crippen LogP contribution >= 0.6 is 11.3 Å². The molecule has 0 unspecified atom stereocenters. The Morgan fingerprint density at radius 2 is 2.00 bits per heavy atom. The topological polar surface area (TPSA) is 80.7 Å². The van der Waals surface area contributed by atoms with Crippen LogP contribution in [0.3, 0.4) is 0 Å². The number of benzene rings is 1. The summed E-state index contributed by atoms with van der Waals surface area (Å²) < 4.78 is 15.3. The Labute approximate surface area is 146 Å². The van der Waals surface area contributed by atoms with Crippen LogP contribution in [0.1, 0.15) is 18.2 Å². The first-order valence-corrected chi connectivity index (χ1v) is 8.36. The van der Waals surface area contributed by atoms with Gasteiger partial charge in [-0.3, -0.25) is 13.9 Å². The van der Waals surface area contributed by atoms with Crippen LogP contribution in [0.25, 0.3) is 10.6 Å². The van der Waals surface area contributed by atoms with Crippen LogP contribution < -0.4 is 11.2 Å². The third-order valence-electron chi connectivity index (χ3n) is 3.66. The molecule has 2 aromatic heterocycles. The van der Waals surface area contributed by atoms with E-state index in [1.165, 1.54) is 34.2 Å². The fraction of sp³-hybridized carbons (Fsp3) is 0.176. The molecule has 25 heavy (non-hydrogen) atoms. The van der Waals surface area contributed by atoms with Gasteiger partial charge in [0.05, 0.1) is 12.2 Å². The van der Waals surface area contributed by atoms with E-state index in [1.807, 2.05) is 6.07 Å². The van der Waals surface area contributed by atoms with E-state index in [-0.39, 0.29) is 17.9 Å². The van der Waals surface area contributed by atoms with Crippen molar-refractivity contribution in [1.29, 1.82) is 5.26 Å². The van der Waals surface area contributed by atoms with E-state index >= 15 is 0 Å². The van der Waals surface area contributed by atoms with Gasteiger partial charge in [-0.15, -0.1) is 11.3 Å². The average molecular weight is 356 g/mol. The summed E-state index contributed by atoms with van der Waals surface area (Å²) in [5.41, 5.74) is 0.0785. The lowest BCUT2D eigenvalue weighted by Crippen LogP contribution is -2.41. The molecule has 0 saturated heterocycles. The summed E-state index contributed by atoms with van der Waals surface area (Å²) in [6, 6.07) is 7.73. The average Bonchev–Trinajstić information content (AvgIpc) is 3.08. The molecule has 3 rings (SSSR count). The van der Waals surface area contributed by atoms with E-state index in [2.05, 4.69) is 4.98 Å². The van der Waals surface area contributed by atoms with Gasteiger partial charge in [0.2, 0.25) is 0 Å². The first kappa shape index (κ1) is 16.8. The van der Waals surface area contributed by atoms with E-state index < -0.39 is 11.2 Å². The molecule has 0 fully saturated rings. The summed E-state index contributed by atoms with van der Waals surface area (Å²) >= 11 is 1.34. The van der Waals surface area contributed by atoms with Crippen LogP contribution in [0, 0.1) is 17.1 Å². The normalized spacial score (nSPS) is 10.6. The van der Waals surface area contributed by atoms with Crippen molar-refractivity contribution in [1.82, 2.24) is 14.1 Å². The lowest BCUT2D eigenvalue weighted by Gasteiger charge is -2.08. The van der Waals surface area contributed by atoms with Crippen molar-refractivity contribution in [3.8, 4) is 16.6 Å². The second-order valence-corrected chi connectivity index (χ2v) is 6.12. The van der Waals surface area contributed by atoms with E-state index in [0.29, 0.717) is 17.2 Å². The van der Waals surface area contributed by atoms with E-state index in [9.17, 15) is 14.0 Å². The molecule has 0 bridgehead atoms. The van der Waals surface area contributed by atoms with Gasteiger partial charge < -0.3 is 0 Å². The van der Waals surface area contributed by atoms with Gasteiger partial charge in [-0.1, -0.05) is 0 Å². The summed E-state index contributed by atoms with van der Waals surface area (Å²) in [6.07, 6.45) is 1.27. The Kier molecular flexibility index (Phi) is 4.59. The van der Waals surface area contributed by atoms with Crippen molar-refractivity contribution in [2.75, 3.05) is 0 Å². The molecule has 1 aromatic carbocycles. The van der Waals surface area contributed by atoms with Crippen molar-refractivity contribution in [3.63, 3.8) is 0 Å². The number of nitriles is 1. The van der Waals surface area contributed by atoms with Crippen molar-refractivity contribution in [2.45, 2.75) is 20.0 Å². The van der Waals surface area contributed by atoms with Gasteiger partial charge in [0.1, 0.15) is 22.5 Å². The molecular formula is C17H13FN4O2S. The predicted molar refractivity (Wildman–Crippen MR) is 92.0 cm³/mol. The molecule has 0 amide bonds. The van der Waals surface area contributed by atoms with Gasteiger partial charge in [-0.05, 0) is 31.2 Å². The van der Waals surface area contributed by atoms with Gasteiger partial charge in [0.15, 0.2) is 0 Å². The zero-order valence-electron chi connectivity index (χ0n) is 13.3. The molecule has 6 nitrogen and oxygen atoms in total. The van der Waals surface area contributed by atoms with Gasteiger partial charge in [-0.25, -0.2) is 14.2 Å². The molecular weight excluding hydrogens is 343 g/mol. The molecule has 2 heterocycles. The minimum absolute atomic E-state index is 0.0229. The maximum atomic E-state index is 13.0. The molecule has 0 aliphatic heterocycles. The lowest BCUT2D eigenvalue weighted by molar-refractivity contribution is 0.593. The SMILES string of the molecule is CCn1cc(C#N)c(=O)n(Cc2csc(-c3ccc(F)cc3)n2)c1=O. The van der Waals surface area contributed by atoms with Crippen molar-refractivity contribution in [2.24, 2.45) is 0 Å². The Morgan fingerprint density at radius 1 is 1.28 bits per heavy atom. The highest BCUT2D eigenvalue weighted by molar-refractivity contribution is 7.13. The van der Waals surface area contributed by atoms with Gasteiger partial charge in [-0.2, -0.15) is 5.26 Å². The minimum atomic E-state index is -0.631. The monoisotopic (exact) mass is 356 g/mol. The highest BCUT2D eigenvalue weighted by atomic mass is 32.1. The molecule has 8 heteroatoms. The summed E-state index contributed by atoms with van der Waals surface area (Å²) in [7, 11) is 0. The van der Waals surface area contributed by atoms with Crippen LogP contribution in [0.5, 0.6) is 0 Å². The highest BCUT2D eigenvalue weighted by Gasteiger charge is 2.13. The minimum Gasteiger partial charge on any atom is -0.299 e. The first-order valence-electron chi connectivity index (χ1n) is 7.48.